The van der Waals surface area contributed by atoms with E-state index in [1.165, 1.54) is 11.8 Å². The van der Waals surface area contributed by atoms with Crippen molar-refractivity contribution in [3.05, 3.63) is 54.1 Å². The smallest absolute Gasteiger partial charge is 0.235 e. The molecule has 1 fully saturated rings. The Morgan fingerprint density at radius 2 is 1.84 bits per heavy atom. The van der Waals surface area contributed by atoms with Crippen LogP contribution in [0.15, 0.2) is 53.7 Å². The molecule has 0 bridgehead atoms. The van der Waals surface area contributed by atoms with Gasteiger partial charge in [0.05, 0.1) is 12.4 Å². The zero-order valence-electron chi connectivity index (χ0n) is 19.1. The van der Waals surface area contributed by atoms with E-state index in [4.69, 9.17) is 4.74 Å². The Balaban J connectivity index is 1.66. The summed E-state index contributed by atoms with van der Waals surface area (Å²) in [6.45, 7) is 7.96. The van der Waals surface area contributed by atoms with E-state index >= 15 is 0 Å². The highest BCUT2D eigenvalue weighted by Gasteiger charge is 2.27. The number of methoxy groups -OCH3 is 1. The van der Waals surface area contributed by atoms with Gasteiger partial charge in [-0.15, -0.1) is 10.2 Å². The van der Waals surface area contributed by atoms with Gasteiger partial charge in [-0.25, -0.2) is 0 Å². The summed E-state index contributed by atoms with van der Waals surface area (Å²) in [6, 6.07) is 16.0. The Morgan fingerprint density at radius 3 is 2.50 bits per heavy atom. The number of hydrogen-bond acceptors (Lipinski definition) is 5. The summed E-state index contributed by atoms with van der Waals surface area (Å²) in [4.78, 5) is 15.1. The second-order valence-electron chi connectivity index (χ2n) is 8.48. The van der Waals surface area contributed by atoms with Crippen LogP contribution in [0.1, 0.15) is 32.3 Å². The van der Waals surface area contributed by atoms with E-state index in [-0.39, 0.29) is 11.2 Å². The number of aryl methyl sites for hydroxylation is 1. The molecule has 2 heterocycles. The average molecular weight is 451 g/mol. The number of thioether (sulfide) groups is 1. The third kappa shape index (κ3) is 4.83. The van der Waals surface area contributed by atoms with Crippen LogP contribution in [-0.4, -0.2) is 51.0 Å². The number of piperidine rings is 1. The van der Waals surface area contributed by atoms with Crippen molar-refractivity contribution < 1.29 is 9.53 Å². The maximum atomic E-state index is 13.1. The molecule has 4 rings (SSSR count). The van der Waals surface area contributed by atoms with E-state index in [0.717, 1.165) is 54.3 Å². The molecule has 1 aliphatic rings. The zero-order chi connectivity index (χ0) is 22.7. The van der Waals surface area contributed by atoms with Gasteiger partial charge in [0.1, 0.15) is 5.75 Å². The third-order valence-corrected chi connectivity index (χ3v) is 7.00. The summed E-state index contributed by atoms with van der Waals surface area (Å²) in [5, 5.41) is 9.48. The van der Waals surface area contributed by atoms with E-state index in [2.05, 4.69) is 36.2 Å². The molecule has 2 aromatic carbocycles. The molecule has 0 radical (unpaired) electrons. The molecule has 32 heavy (non-hydrogen) atoms. The molecule has 1 atom stereocenters. The summed E-state index contributed by atoms with van der Waals surface area (Å²) >= 11 is 1.46. The molecule has 0 saturated carbocycles. The SMILES string of the molecule is COc1ccc(-n2c(SC(C)C(=O)N3CCC(C)CC3)nnc2-c2cccc(C)c2)cc1. The van der Waals surface area contributed by atoms with E-state index in [1.807, 2.05) is 52.8 Å². The number of benzene rings is 2. The van der Waals surface area contributed by atoms with Crippen LogP contribution in [0, 0.1) is 12.8 Å². The molecule has 1 saturated heterocycles. The minimum Gasteiger partial charge on any atom is -0.497 e. The lowest BCUT2D eigenvalue weighted by atomic mass is 9.99. The van der Waals surface area contributed by atoms with Gasteiger partial charge in [-0.3, -0.25) is 9.36 Å². The number of likely N-dealkylation sites (tertiary alicyclic amines) is 1. The first-order valence-corrected chi connectivity index (χ1v) is 12.0. The van der Waals surface area contributed by atoms with Gasteiger partial charge in [-0.2, -0.15) is 0 Å². The number of hydrogen-bond donors (Lipinski definition) is 0. The first-order valence-electron chi connectivity index (χ1n) is 11.1. The van der Waals surface area contributed by atoms with E-state index < -0.39 is 0 Å². The van der Waals surface area contributed by atoms with Crippen molar-refractivity contribution in [2.24, 2.45) is 5.92 Å². The summed E-state index contributed by atoms with van der Waals surface area (Å²) in [5.74, 6) is 2.41. The molecule has 0 N–H and O–H groups in total. The van der Waals surface area contributed by atoms with Crippen LogP contribution in [0.5, 0.6) is 5.75 Å². The van der Waals surface area contributed by atoms with Crippen LogP contribution in [0.25, 0.3) is 17.1 Å². The molecular weight excluding hydrogens is 420 g/mol. The third-order valence-electron chi connectivity index (χ3n) is 5.97. The Morgan fingerprint density at radius 1 is 1.12 bits per heavy atom. The molecule has 6 nitrogen and oxygen atoms in total. The quantitative estimate of drug-likeness (QED) is 0.495. The van der Waals surface area contributed by atoms with Gasteiger partial charge in [-0.1, -0.05) is 42.4 Å². The van der Waals surface area contributed by atoms with E-state index in [0.29, 0.717) is 11.1 Å². The Kier molecular flexibility index (Phi) is 6.84. The van der Waals surface area contributed by atoms with Gasteiger partial charge >= 0.3 is 0 Å². The second-order valence-corrected chi connectivity index (χ2v) is 9.78. The highest BCUT2D eigenvalue weighted by atomic mass is 32.2. The molecule has 0 spiro atoms. The van der Waals surface area contributed by atoms with Crippen molar-refractivity contribution >= 4 is 17.7 Å². The predicted molar refractivity (Wildman–Crippen MR) is 128 cm³/mol. The van der Waals surface area contributed by atoms with Gasteiger partial charge in [0.2, 0.25) is 5.91 Å². The van der Waals surface area contributed by atoms with Crippen molar-refractivity contribution in [2.45, 2.75) is 44.0 Å². The number of amides is 1. The minimum atomic E-state index is -0.241. The van der Waals surface area contributed by atoms with E-state index in [9.17, 15) is 4.79 Å². The maximum absolute atomic E-state index is 13.1. The van der Waals surface area contributed by atoms with Crippen molar-refractivity contribution in [3.8, 4) is 22.8 Å². The molecule has 1 aromatic heterocycles. The molecule has 1 aliphatic heterocycles. The molecule has 1 unspecified atom stereocenters. The zero-order valence-corrected chi connectivity index (χ0v) is 19.9. The van der Waals surface area contributed by atoms with Gasteiger partial charge in [0.25, 0.3) is 0 Å². The van der Waals surface area contributed by atoms with Crippen molar-refractivity contribution in [2.75, 3.05) is 20.2 Å². The fourth-order valence-electron chi connectivity index (χ4n) is 3.98. The number of carbonyl (C=O) groups excluding carboxylic acids is 1. The Hall–Kier alpha value is -2.80. The summed E-state index contributed by atoms with van der Waals surface area (Å²) in [7, 11) is 1.65. The minimum absolute atomic E-state index is 0.170. The van der Waals surface area contributed by atoms with Gasteiger partial charge in [-0.05, 0) is 62.9 Å². The van der Waals surface area contributed by atoms with Crippen LogP contribution in [0.3, 0.4) is 0 Å². The van der Waals surface area contributed by atoms with Gasteiger partial charge in [0.15, 0.2) is 11.0 Å². The maximum Gasteiger partial charge on any atom is 0.235 e. The first-order chi connectivity index (χ1) is 15.5. The number of ether oxygens (including phenoxy) is 1. The molecule has 168 valence electrons. The highest BCUT2D eigenvalue weighted by Crippen LogP contribution is 2.32. The van der Waals surface area contributed by atoms with Crippen LogP contribution in [0.2, 0.25) is 0 Å². The van der Waals surface area contributed by atoms with Gasteiger partial charge < -0.3 is 9.64 Å². The number of carbonyl (C=O) groups is 1. The summed E-state index contributed by atoms with van der Waals surface area (Å²) in [6.07, 6.45) is 2.14. The van der Waals surface area contributed by atoms with Crippen molar-refractivity contribution in [1.29, 1.82) is 0 Å². The largest absolute Gasteiger partial charge is 0.497 e. The lowest BCUT2D eigenvalue weighted by molar-refractivity contribution is -0.131. The van der Waals surface area contributed by atoms with Crippen molar-refractivity contribution in [3.63, 3.8) is 0 Å². The van der Waals surface area contributed by atoms with Crippen LogP contribution < -0.4 is 4.74 Å². The molecule has 3 aromatic rings. The molecule has 0 aliphatic carbocycles. The number of rotatable bonds is 6. The van der Waals surface area contributed by atoms with Gasteiger partial charge in [0, 0.05) is 24.3 Å². The summed E-state index contributed by atoms with van der Waals surface area (Å²) in [5.41, 5.74) is 3.08. The van der Waals surface area contributed by atoms with Crippen LogP contribution >= 0.6 is 11.8 Å². The lowest BCUT2D eigenvalue weighted by Crippen LogP contribution is -2.41. The molecular formula is C25H30N4O2S. The number of nitrogens with zero attached hydrogens (tertiary/aromatic N) is 4. The standard InChI is InChI=1S/C25H30N4O2S/c1-17-12-14-28(15-13-17)24(30)19(3)32-25-27-26-23(20-7-5-6-18(2)16-20)29(25)21-8-10-22(31-4)11-9-21/h5-11,16-17,19H,12-15H2,1-4H3. The topological polar surface area (TPSA) is 60.2 Å². The number of aromatic nitrogens is 3. The summed E-state index contributed by atoms with van der Waals surface area (Å²) < 4.78 is 7.35. The fourth-order valence-corrected chi connectivity index (χ4v) is 4.93. The van der Waals surface area contributed by atoms with E-state index in [1.54, 1.807) is 7.11 Å². The van der Waals surface area contributed by atoms with Crippen LogP contribution in [-0.2, 0) is 4.79 Å². The monoisotopic (exact) mass is 450 g/mol. The second kappa shape index (κ2) is 9.77. The van der Waals surface area contributed by atoms with Crippen molar-refractivity contribution in [1.82, 2.24) is 19.7 Å². The lowest BCUT2D eigenvalue weighted by Gasteiger charge is -2.32. The normalized spacial score (nSPS) is 15.6. The average Bonchev–Trinajstić information content (AvgIpc) is 3.22. The molecule has 1 amide bonds. The fraction of sp³-hybridized carbons (Fsp3) is 0.400. The molecule has 7 heteroatoms. The predicted octanol–water partition coefficient (Wildman–Crippen LogP) is 4.99. The Labute approximate surface area is 194 Å². The Bertz CT molecular complexity index is 1070. The first kappa shape index (κ1) is 22.4. The highest BCUT2D eigenvalue weighted by molar-refractivity contribution is 8.00. The van der Waals surface area contributed by atoms with Crippen LogP contribution in [0.4, 0.5) is 0 Å².